The smallest absolute Gasteiger partial charge is 0.165 e. The molecule has 0 fully saturated rings. The molecule has 0 spiro atoms. The van der Waals surface area contributed by atoms with Crippen molar-refractivity contribution < 1.29 is 19.7 Å². The monoisotopic (exact) mass is 489 g/mol. The van der Waals surface area contributed by atoms with E-state index in [-0.39, 0.29) is 17.5 Å². The molecule has 168 valence electrons. The molecule has 0 bridgehead atoms. The molecule has 0 saturated carbocycles. The van der Waals surface area contributed by atoms with Gasteiger partial charge in [-0.1, -0.05) is 42.1 Å². The number of halogens is 1. The quantitative estimate of drug-likeness (QED) is 0.453. The second-order valence-electron chi connectivity index (χ2n) is 8.47. The van der Waals surface area contributed by atoms with Crippen molar-refractivity contribution in [2.75, 3.05) is 19.8 Å². The van der Waals surface area contributed by atoms with E-state index >= 15 is 0 Å². The van der Waals surface area contributed by atoms with Crippen LogP contribution in [0.2, 0.25) is 0 Å². The summed E-state index contributed by atoms with van der Waals surface area (Å²) in [4.78, 5) is 2.42. The summed E-state index contributed by atoms with van der Waals surface area (Å²) in [6, 6.07) is 5.86. The van der Waals surface area contributed by atoms with E-state index in [0.717, 1.165) is 48.8 Å². The number of nitrogens with zero attached hydrogens (tertiary/aromatic N) is 1. The minimum Gasteiger partial charge on any atom is -0.504 e. The van der Waals surface area contributed by atoms with E-state index in [1.54, 1.807) is 6.07 Å². The van der Waals surface area contributed by atoms with Crippen molar-refractivity contribution in [1.29, 1.82) is 0 Å². The number of unbranched alkanes of at least 4 members (excludes halogenated alkanes) is 3. The number of fused-ring (bicyclic) bond motifs is 4. The molecule has 2 aliphatic heterocycles. The first-order valence-corrected chi connectivity index (χ1v) is 12.2. The van der Waals surface area contributed by atoms with Crippen molar-refractivity contribution in [2.24, 2.45) is 0 Å². The lowest BCUT2D eigenvalue weighted by molar-refractivity contribution is 0.155. The summed E-state index contributed by atoms with van der Waals surface area (Å²) >= 11 is 3.64. The molecule has 1 atom stereocenters. The van der Waals surface area contributed by atoms with Crippen LogP contribution in [0.3, 0.4) is 0 Å². The number of ether oxygens (including phenoxy) is 2. The van der Waals surface area contributed by atoms with Gasteiger partial charge in [0.1, 0.15) is 0 Å². The molecule has 4 rings (SSSR count). The number of aromatic hydroxyl groups is 2. The van der Waals surface area contributed by atoms with Crippen molar-refractivity contribution in [3.05, 3.63) is 44.9 Å². The molecule has 2 N–H and O–H groups in total. The summed E-state index contributed by atoms with van der Waals surface area (Å²) < 4.78 is 12.6. The Kier molecular flexibility index (Phi) is 6.97. The first-order valence-electron chi connectivity index (χ1n) is 11.4. The Morgan fingerprint density at radius 1 is 1.03 bits per heavy atom. The molecule has 2 aromatic carbocycles. The standard InChI is InChI=1S/C25H32BrNO4/c1-3-5-6-7-10-31-24-11-16-8-9-27-15-19-18(12-21(27)17(16)13-22(24)28)20(26)14-23(29)25(19)30-4-2/h11,13-14,21,28-29H,3-10,12,15H2,1-2H3/t21-/m0/s1. The third-order valence-corrected chi connectivity index (χ3v) is 7.12. The molecular formula is C25H32BrNO4. The van der Waals surface area contributed by atoms with E-state index in [1.165, 1.54) is 29.5 Å². The molecule has 0 saturated heterocycles. The maximum Gasteiger partial charge on any atom is 0.165 e. The second kappa shape index (κ2) is 9.70. The normalized spacial score (nSPS) is 17.6. The predicted molar refractivity (Wildman–Crippen MR) is 125 cm³/mol. The Balaban J connectivity index is 1.58. The Bertz CT molecular complexity index is 946. The molecule has 0 radical (unpaired) electrons. The third-order valence-electron chi connectivity index (χ3n) is 6.41. The number of phenolic OH excluding ortho intramolecular Hbond substituents is 2. The highest BCUT2D eigenvalue weighted by Crippen LogP contribution is 2.47. The van der Waals surface area contributed by atoms with Crippen LogP contribution in [0.4, 0.5) is 0 Å². The molecule has 2 heterocycles. The largest absolute Gasteiger partial charge is 0.504 e. The van der Waals surface area contributed by atoms with E-state index in [4.69, 9.17) is 9.47 Å². The molecular weight excluding hydrogens is 458 g/mol. The van der Waals surface area contributed by atoms with Crippen LogP contribution in [0, 0.1) is 0 Å². The lowest BCUT2D eigenvalue weighted by Crippen LogP contribution is -2.39. The zero-order chi connectivity index (χ0) is 22.0. The minimum atomic E-state index is 0.182. The van der Waals surface area contributed by atoms with Gasteiger partial charge in [0.15, 0.2) is 23.0 Å². The van der Waals surface area contributed by atoms with E-state index in [9.17, 15) is 10.2 Å². The zero-order valence-electron chi connectivity index (χ0n) is 18.4. The topological polar surface area (TPSA) is 62.2 Å². The van der Waals surface area contributed by atoms with Gasteiger partial charge in [-0.3, -0.25) is 4.90 Å². The van der Waals surface area contributed by atoms with E-state index in [0.29, 0.717) is 24.7 Å². The molecule has 6 heteroatoms. The third kappa shape index (κ3) is 4.51. The number of hydrogen-bond donors (Lipinski definition) is 2. The molecule has 0 unspecified atom stereocenters. The summed E-state index contributed by atoms with van der Waals surface area (Å²) in [5.74, 6) is 1.60. The lowest BCUT2D eigenvalue weighted by atomic mass is 9.83. The minimum absolute atomic E-state index is 0.182. The fraction of sp³-hybridized carbons (Fsp3) is 0.520. The zero-order valence-corrected chi connectivity index (χ0v) is 20.0. The van der Waals surface area contributed by atoms with Crippen molar-refractivity contribution >= 4 is 15.9 Å². The number of hydrogen-bond acceptors (Lipinski definition) is 5. The second-order valence-corrected chi connectivity index (χ2v) is 9.32. The highest BCUT2D eigenvalue weighted by molar-refractivity contribution is 9.10. The van der Waals surface area contributed by atoms with Gasteiger partial charge in [0.25, 0.3) is 0 Å². The molecule has 2 aromatic rings. The van der Waals surface area contributed by atoms with Crippen LogP contribution in [0.1, 0.15) is 67.8 Å². The van der Waals surface area contributed by atoms with Crippen molar-refractivity contribution in [2.45, 2.75) is 65.0 Å². The fourth-order valence-corrected chi connectivity index (χ4v) is 5.44. The Morgan fingerprint density at radius 3 is 2.65 bits per heavy atom. The molecule has 31 heavy (non-hydrogen) atoms. The van der Waals surface area contributed by atoms with Gasteiger partial charge >= 0.3 is 0 Å². The van der Waals surface area contributed by atoms with Crippen LogP contribution in [0.15, 0.2) is 22.7 Å². The molecule has 0 aromatic heterocycles. The Morgan fingerprint density at radius 2 is 1.87 bits per heavy atom. The molecule has 5 nitrogen and oxygen atoms in total. The molecule has 0 amide bonds. The van der Waals surface area contributed by atoms with Crippen LogP contribution in [-0.4, -0.2) is 34.9 Å². The summed E-state index contributed by atoms with van der Waals surface area (Å²) in [6.45, 7) is 6.94. The van der Waals surface area contributed by atoms with Gasteiger partial charge < -0.3 is 19.7 Å². The van der Waals surface area contributed by atoms with Gasteiger partial charge in [-0.25, -0.2) is 0 Å². The van der Waals surface area contributed by atoms with Gasteiger partial charge in [-0.05, 0) is 61.1 Å². The van der Waals surface area contributed by atoms with Gasteiger partial charge in [0, 0.05) is 29.2 Å². The first kappa shape index (κ1) is 22.3. The van der Waals surface area contributed by atoms with Crippen LogP contribution in [-0.2, 0) is 19.4 Å². The van der Waals surface area contributed by atoms with E-state index < -0.39 is 0 Å². The van der Waals surface area contributed by atoms with Gasteiger partial charge in [-0.15, -0.1) is 0 Å². The lowest BCUT2D eigenvalue weighted by Gasteiger charge is -2.42. The van der Waals surface area contributed by atoms with Crippen molar-refractivity contribution in [1.82, 2.24) is 4.90 Å². The van der Waals surface area contributed by atoms with Crippen LogP contribution in [0.25, 0.3) is 0 Å². The number of phenols is 2. The SMILES string of the molecule is CCCCCCOc1cc2c(cc1O)[C@@H]1Cc3c(Br)cc(O)c(OCC)c3CN1CC2. The average Bonchev–Trinajstić information content (AvgIpc) is 2.76. The number of rotatable bonds is 8. The average molecular weight is 490 g/mol. The van der Waals surface area contributed by atoms with Crippen LogP contribution < -0.4 is 9.47 Å². The van der Waals surface area contributed by atoms with Crippen molar-refractivity contribution in [3.8, 4) is 23.0 Å². The summed E-state index contributed by atoms with van der Waals surface area (Å²) in [6.07, 6.45) is 6.31. The Labute approximate surface area is 193 Å². The summed E-state index contributed by atoms with van der Waals surface area (Å²) in [7, 11) is 0. The fourth-order valence-electron chi connectivity index (χ4n) is 4.82. The van der Waals surface area contributed by atoms with Crippen LogP contribution >= 0.6 is 15.9 Å². The summed E-state index contributed by atoms with van der Waals surface area (Å²) in [5.41, 5.74) is 4.66. The van der Waals surface area contributed by atoms with E-state index in [1.807, 2.05) is 19.1 Å². The van der Waals surface area contributed by atoms with Gasteiger partial charge in [-0.2, -0.15) is 0 Å². The van der Waals surface area contributed by atoms with Gasteiger partial charge in [0.2, 0.25) is 0 Å². The molecule has 0 aliphatic carbocycles. The maximum absolute atomic E-state index is 10.7. The number of benzene rings is 2. The van der Waals surface area contributed by atoms with Crippen molar-refractivity contribution in [3.63, 3.8) is 0 Å². The highest BCUT2D eigenvalue weighted by atomic mass is 79.9. The molecule has 2 aliphatic rings. The Hall–Kier alpha value is -1.92. The maximum atomic E-state index is 10.7. The van der Waals surface area contributed by atoms with Gasteiger partial charge in [0.05, 0.1) is 13.2 Å². The predicted octanol–water partition coefficient (Wildman–Crippen LogP) is 5.87. The van der Waals surface area contributed by atoms with E-state index in [2.05, 4.69) is 27.8 Å². The van der Waals surface area contributed by atoms with Crippen LogP contribution in [0.5, 0.6) is 23.0 Å². The summed E-state index contributed by atoms with van der Waals surface area (Å²) in [5, 5.41) is 21.1. The highest BCUT2D eigenvalue weighted by Gasteiger charge is 2.36. The first-order chi connectivity index (χ1) is 15.0.